The zero-order chi connectivity index (χ0) is 21.2. The molecule has 4 heteroatoms. The van der Waals surface area contributed by atoms with Gasteiger partial charge in [-0.15, -0.1) is 0 Å². The molecule has 4 aliphatic carbocycles. The summed E-state index contributed by atoms with van der Waals surface area (Å²) in [4.78, 5) is 25.6. The van der Waals surface area contributed by atoms with Gasteiger partial charge in [0.2, 0.25) is 0 Å². The number of ether oxygens (including phenoxy) is 1. The Hall–Kier alpha value is -0.740. The second-order valence-electron chi connectivity index (χ2n) is 11.5. The highest BCUT2D eigenvalue weighted by atomic mass is 16.5. The van der Waals surface area contributed by atoms with E-state index < -0.39 is 11.0 Å². The first kappa shape index (κ1) is 21.5. The number of carbonyl (C=O) groups excluding carboxylic acids is 2. The summed E-state index contributed by atoms with van der Waals surface area (Å²) in [5.74, 6) is 2.48. The van der Waals surface area contributed by atoms with Crippen molar-refractivity contribution in [3.63, 3.8) is 0 Å². The molecular formula is C25H40O4. The molecule has 4 saturated carbocycles. The van der Waals surface area contributed by atoms with Crippen LogP contribution in [-0.2, 0) is 14.3 Å². The van der Waals surface area contributed by atoms with Gasteiger partial charge in [0.25, 0.3) is 0 Å². The molecule has 0 aromatic rings. The first-order valence-corrected chi connectivity index (χ1v) is 11.8. The van der Waals surface area contributed by atoms with Crippen molar-refractivity contribution < 1.29 is 19.4 Å². The molecule has 0 bridgehead atoms. The van der Waals surface area contributed by atoms with Crippen LogP contribution in [0.4, 0.5) is 0 Å². The lowest BCUT2D eigenvalue weighted by Crippen LogP contribution is -2.59. The number of fused-ring (bicyclic) bond motifs is 5. The summed E-state index contributed by atoms with van der Waals surface area (Å²) >= 11 is 0. The quantitative estimate of drug-likeness (QED) is 0.697. The van der Waals surface area contributed by atoms with E-state index in [1.807, 2.05) is 0 Å². The van der Waals surface area contributed by atoms with Crippen molar-refractivity contribution in [2.24, 2.45) is 39.9 Å². The van der Waals surface area contributed by atoms with Crippen LogP contribution in [0.2, 0.25) is 0 Å². The Kier molecular flexibility index (Phi) is 5.10. The third kappa shape index (κ3) is 2.77. The van der Waals surface area contributed by atoms with Crippen LogP contribution in [0.25, 0.3) is 0 Å². The lowest BCUT2D eigenvalue weighted by molar-refractivity contribution is -0.173. The summed E-state index contributed by atoms with van der Waals surface area (Å²) in [6.07, 6.45) is 8.95. The van der Waals surface area contributed by atoms with Crippen molar-refractivity contribution in [1.29, 1.82) is 0 Å². The van der Waals surface area contributed by atoms with E-state index in [1.54, 1.807) is 21.0 Å². The molecule has 0 aromatic heterocycles. The largest absolute Gasteiger partial charge is 0.387 e. The van der Waals surface area contributed by atoms with Crippen LogP contribution in [0.1, 0.15) is 85.5 Å². The molecule has 0 spiro atoms. The van der Waals surface area contributed by atoms with Gasteiger partial charge < -0.3 is 9.84 Å². The smallest absolute Gasteiger partial charge is 0.143 e. The molecule has 0 radical (unpaired) electrons. The summed E-state index contributed by atoms with van der Waals surface area (Å²) in [5.41, 5.74) is -1.34. The van der Waals surface area contributed by atoms with Gasteiger partial charge in [-0.1, -0.05) is 13.8 Å². The van der Waals surface area contributed by atoms with E-state index in [0.29, 0.717) is 30.3 Å². The van der Waals surface area contributed by atoms with E-state index >= 15 is 0 Å². The van der Waals surface area contributed by atoms with Gasteiger partial charge in [0.05, 0.1) is 17.6 Å². The summed E-state index contributed by atoms with van der Waals surface area (Å²) in [6, 6.07) is 0. The van der Waals surface area contributed by atoms with Crippen molar-refractivity contribution >= 4 is 11.6 Å². The zero-order valence-electron chi connectivity index (χ0n) is 19.1. The maximum atomic E-state index is 12.8. The number of ketones is 2. The van der Waals surface area contributed by atoms with Crippen molar-refractivity contribution in [3.8, 4) is 0 Å². The van der Waals surface area contributed by atoms with E-state index in [-0.39, 0.29) is 22.4 Å². The van der Waals surface area contributed by atoms with E-state index in [9.17, 15) is 14.7 Å². The molecule has 1 N–H and O–H groups in total. The number of aliphatic hydroxyl groups is 1. The fourth-order valence-electron chi connectivity index (χ4n) is 9.17. The maximum absolute atomic E-state index is 12.8. The Labute approximate surface area is 176 Å². The first-order chi connectivity index (χ1) is 13.5. The SMILES string of the molecule is COCC1(O)CC[C@@]2(C)C(CC[C@@H]3[C@@H]2CC[C@@]2(C)[C@H]3CCC2(C(C)=O)C(C)=O)C1. The van der Waals surface area contributed by atoms with Crippen LogP contribution in [0.15, 0.2) is 0 Å². The molecule has 0 amide bonds. The predicted octanol–water partition coefficient (Wildman–Crippen LogP) is 4.57. The summed E-state index contributed by atoms with van der Waals surface area (Å²) < 4.78 is 5.33. The molecular weight excluding hydrogens is 364 g/mol. The van der Waals surface area contributed by atoms with Crippen molar-refractivity contribution in [2.45, 2.75) is 91.1 Å². The van der Waals surface area contributed by atoms with Gasteiger partial charge in [0.1, 0.15) is 11.6 Å². The van der Waals surface area contributed by atoms with E-state index in [2.05, 4.69) is 13.8 Å². The van der Waals surface area contributed by atoms with E-state index in [0.717, 1.165) is 51.4 Å². The van der Waals surface area contributed by atoms with Crippen LogP contribution in [0.5, 0.6) is 0 Å². The number of hydrogen-bond acceptors (Lipinski definition) is 4. The Balaban J connectivity index is 1.62. The molecule has 7 atom stereocenters. The standard InChI is InChI=1S/C25H40O4/c1-16(26)25(17(2)27)11-9-21-19-7-6-18-14-24(28,15-29-5)13-12-22(18,3)20(19)8-10-23(21,25)4/h18-21,28H,6-15H2,1-5H3/t18?,19-,20+,21+,22+,23+,24?/m1/s1. The Bertz CT molecular complexity index is 687. The Morgan fingerprint density at radius 3 is 2.21 bits per heavy atom. The second kappa shape index (κ2) is 6.88. The topological polar surface area (TPSA) is 63.6 Å². The van der Waals surface area contributed by atoms with Crippen LogP contribution >= 0.6 is 0 Å². The fourth-order valence-corrected chi connectivity index (χ4v) is 9.17. The Morgan fingerprint density at radius 1 is 0.931 bits per heavy atom. The van der Waals surface area contributed by atoms with Gasteiger partial charge in [-0.2, -0.15) is 0 Å². The van der Waals surface area contributed by atoms with Crippen LogP contribution in [0, 0.1) is 39.9 Å². The normalized spacial score (nSPS) is 48.3. The molecule has 29 heavy (non-hydrogen) atoms. The Morgan fingerprint density at radius 2 is 1.59 bits per heavy atom. The minimum absolute atomic E-state index is 0.0932. The van der Waals surface area contributed by atoms with Crippen molar-refractivity contribution in [1.82, 2.24) is 0 Å². The van der Waals surface area contributed by atoms with E-state index in [1.165, 1.54) is 6.42 Å². The highest BCUT2D eigenvalue weighted by molar-refractivity contribution is 6.06. The van der Waals surface area contributed by atoms with Crippen molar-refractivity contribution in [2.75, 3.05) is 13.7 Å². The zero-order valence-corrected chi connectivity index (χ0v) is 19.1. The molecule has 0 saturated heterocycles. The molecule has 0 aromatic carbocycles. The summed E-state index contributed by atoms with van der Waals surface area (Å²) in [6.45, 7) is 8.47. The molecule has 4 aliphatic rings. The molecule has 164 valence electrons. The minimum atomic E-state index is -0.758. The third-order valence-electron chi connectivity index (χ3n) is 10.6. The first-order valence-electron chi connectivity index (χ1n) is 11.8. The average molecular weight is 405 g/mol. The molecule has 2 unspecified atom stereocenters. The van der Waals surface area contributed by atoms with Crippen LogP contribution in [-0.4, -0.2) is 36.0 Å². The van der Waals surface area contributed by atoms with Gasteiger partial charge in [-0.25, -0.2) is 0 Å². The number of hydrogen-bond donors (Lipinski definition) is 1. The lowest BCUT2D eigenvalue weighted by atomic mass is 9.42. The van der Waals surface area contributed by atoms with Gasteiger partial charge in [-0.05, 0) is 106 Å². The fraction of sp³-hybridized carbons (Fsp3) is 0.920. The van der Waals surface area contributed by atoms with Gasteiger partial charge >= 0.3 is 0 Å². The number of methoxy groups -OCH3 is 1. The molecule has 4 fully saturated rings. The van der Waals surface area contributed by atoms with E-state index in [4.69, 9.17) is 4.74 Å². The summed E-state index contributed by atoms with van der Waals surface area (Å²) in [7, 11) is 1.68. The number of Topliss-reactive ketones (excluding diaryl/α,β-unsaturated/α-hetero) is 2. The molecule has 0 heterocycles. The predicted molar refractivity (Wildman–Crippen MR) is 112 cm³/mol. The maximum Gasteiger partial charge on any atom is 0.143 e. The third-order valence-corrected chi connectivity index (χ3v) is 10.6. The number of carbonyl (C=O) groups is 2. The van der Waals surface area contributed by atoms with Gasteiger partial charge in [0.15, 0.2) is 0 Å². The lowest BCUT2D eigenvalue weighted by Gasteiger charge is -2.62. The van der Waals surface area contributed by atoms with Gasteiger partial charge in [-0.3, -0.25) is 9.59 Å². The number of rotatable bonds is 4. The average Bonchev–Trinajstić information content (AvgIpc) is 2.97. The minimum Gasteiger partial charge on any atom is -0.387 e. The molecule has 4 nitrogen and oxygen atoms in total. The molecule has 0 aliphatic heterocycles. The highest BCUT2D eigenvalue weighted by Gasteiger charge is 2.68. The van der Waals surface area contributed by atoms with Crippen LogP contribution < -0.4 is 0 Å². The highest BCUT2D eigenvalue weighted by Crippen LogP contribution is 2.71. The molecule has 4 rings (SSSR count). The monoisotopic (exact) mass is 404 g/mol. The van der Waals surface area contributed by atoms with Gasteiger partial charge in [0, 0.05) is 7.11 Å². The van der Waals surface area contributed by atoms with Crippen molar-refractivity contribution in [3.05, 3.63) is 0 Å². The van der Waals surface area contributed by atoms with Crippen LogP contribution in [0.3, 0.4) is 0 Å². The summed E-state index contributed by atoms with van der Waals surface area (Å²) in [5, 5.41) is 11.0. The second-order valence-corrected chi connectivity index (χ2v) is 11.5.